The molecule has 0 aliphatic rings. The maximum absolute atomic E-state index is 12.1. The van der Waals surface area contributed by atoms with E-state index >= 15 is 0 Å². The van der Waals surface area contributed by atoms with Crippen molar-refractivity contribution in [1.82, 2.24) is 5.32 Å². The molecule has 0 aliphatic carbocycles. The number of carbonyl (C=O) groups is 3. The molecule has 3 N–H and O–H groups in total. The highest BCUT2D eigenvalue weighted by molar-refractivity contribution is 9.10. The Morgan fingerprint density at radius 1 is 0.939 bits per heavy atom. The van der Waals surface area contributed by atoms with E-state index in [4.69, 9.17) is 10.2 Å². The van der Waals surface area contributed by atoms with Gasteiger partial charge in [0.15, 0.2) is 0 Å². The number of hydrogen-bond donors (Lipinski definition) is 3. The topological polar surface area (TPSA) is 190 Å². The molecule has 2 aromatic rings. The Balaban J connectivity index is 0.000000451. The number of carbonyl (C=O) groups excluding carboxylic acids is 1. The van der Waals surface area contributed by atoms with E-state index in [1.165, 1.54) is 0 Å². The van der Waals surface area contributed by atoms with Gasteiger partial charge in [0.25, 0.3) is 17.3 Å². The normalized spacial score (nSPS) is 11.0. The van der Waals surface area contributed by atoms with Gasteiger partial charge in [-0.1, -0.05) is 29.8 Å². The van der Waals surface area contributed by atoms with Crippen molar-refractivity contribution in [1.29, 1.82) is 0 Å². The molecule has 0 aliphatic heterocycles. The lowest BCUT2D eigenvalue weighted by atomic mass is 10.0. The van der Waals surface area contributed by atoms with Crippen molar-refractivity contribution in [3.63, 3.8) is 0 Å². The van der Waals surface area contributed by atoms with Crippen molar-refractivity contribution in [2.24, 2.45) is 5.92 Å². The highest BCUT2D eigenvalue weighted by Gasteiger charge is 2.25. The quantitative estimate of drug-likeness (QED) is 0.338. The summed E-state index contributed by atoms with van der Waals surface area (Å²) >= 11 is 3.20. The van der Waals surface area contributed by atoms with Gasteiger partial charge in [0.2, 0.25) is 0 Å². The first-order chi connectivity index (χ1) is 15.3. The Kier molecular flexibility index (Phi) is 10.1. The van der Waals surface area contributed by atoms with Gasteiger partial charge in [0.05, 0.1) is 27.0 Å². The molecule has 0 unspecified atom stereocenters. The first kappa shape index (κ1) is 27.2. The fourth-order valence-corrected chi connectivity index (χ4v) is 2.73. The van der Waals surface area contributed by atoms with Crippen molar-refractivity contribution >= 4 is 45.2 Å². The second-order valence-corrected chi connectivity index (χ2v) is 7.97. The van der Waals surface area contributed by atoms with Crippen molar-refractivity contribution in [3.8, 4) is 0 Å². The number of nitrogens with one attached hydrogen (secondary N) is 1. The molecule has 0 saturated heterocycles. The lowest BCUT2D eigenvalue weighted by Crippen LogP contribution is -2.41. The maximum Gasteiger partial charge on any atom is 0.335 e. The number of aromatic carboxylic acids is 1. The summed E-state index contributed by atoms with van der Waals surface area (Å²) in [7, 11) is 0. The fraction of sp³-hybridized carbons (Fsp3) is 0.250. The molecular formula is C20H20BrN3O9. The average Bonchev–Trinajstić information content (AvgIpc) is 2.73. The van der Waals surface area contributed by atoms with Crippen molar-refractivity contribution in [2.75, 3.05) is 0 Å². The smallest absolute Gasteiger partial charge is 0.335 e. The standard InChI is InChI=1S/C13H15N3O7.C7H5BrO2/c1-7(2)3-11(13(18)19)14-12(17)8-4-9(15(20)21)6-10(5-8)16(22)23;8-6-3-1-5(2-4-6)7(9)10/h4-7,11H,3H2,1-2H3,(H,14,17)(H,18,19);1-4H,(H,9,10)/t11-;/m0./s1. The van der Waals surface area contributed by atoms with Gasteiger partial charge in [-0.15, -0.1) is 0 Å². The van der Waals surface area contributed by atoms with Crippen molar-refractivity contribution in [2.45, 2.75) is 26.3 Å². The molecule has 0 radical (unpaired) electrons. The van der Waals surface area contributed by atoms with Gasteiger partial charge < -0.3 is 15.5 Å². The van der Waals surface area contributed by atoms with Crippen molar-refractivity contribution < 1.29 is 34.4 Å². The Morgan fingerprint density at radius 3 is 1.79 bits per heavy atom. The Morgan fingerprint density at radius 2 is 1.42 bits per heavy atom. The van der Waals surface area contributed by atoms with Gasteiger partial charge in [-0.2, -0.15) is 0 Å². The molecule has 0 saturated carbocycles. The Hall–Kier alpha value is -3.87. The van der Waals surface area contributed by atoms with E-state index in [1.54, 1.807) is 38.1 Å². The number of carboxylic acid groups (broad SMARTS) is 2. The number of rotatable bonds is 8. The summed E-state index contributed by atoms with van der Waals surface area (Å²) in [6, 6.07) is 7.74. The van der Waals surface area contributed by atoms with Crippen LogP contribution in [0.1, 0.15) is 41.0 Å². The summed E-state index contributed by atoms with van der Waals surface area (Å²) in [4.78, 5) is 53.3. The minimum Gasteiger partial charge on any atom is -0.480 e. The fourth-order valence-electron chi connectivity index (χ4n) is 2.46. The van der Waals surface area contributed by atoms with Gasteiger partial charge in [-0.05, 0) is 36.6 Å². The van der Waals surface area contributed by atoms with Crippen LogP contribution in [-0.2, 0) is 4.79 Å². The van der Waals surface area contributed by atoms with E-state index in [2.05, 4.69) is 21.2 Å². The molecule has 0 fully saturated rings. The molecular weight excluding hydrogens is 506 g/mol. The number of nitro groups is 2. The zero-order valence-corrected chi connectivity index (χ0v) is 19.0. The average molecular weight is 526 g/mol. The van der Waals surface area contributed by atoms with E-state index in [0.717, 1.165) is 22.7 Å². The van der Waals surface area contributed by atoms with Gasteiger partial charge in [0, 0.05) is 16.6 Å². The van der Waals surface area contributed by atoms with Crippen LogP contribution in [0.2, 0.25) is 0 Å². The third-order valence-corrected chi connectivity index (χ3v) is 4.52. The molecule has 176 valence electrons. The molecule has 1 atom stereocenters. The summed E-state index contributed by atoms with van der Waals surface area (Å²) in [6.07, 6.45) is 0.151. The van der Waals surface area contributed by atoms with Gasteiger partial charge in [0.1, 0.15) is 6.04 Å². The minimum absolute atomic E-state index is 0.0177. The molecule has 0 spiro atoms. The molecule has 13 heteroatoms. The highest BCUT2D eigenvalue weighted by atomic mass is 79.9. The molecule has 33 heavy (non-hydrogen) atoms. The largest absolute Gasteiger partial charge is 0.480 e. The van der Waals surface area contributed by atoms with Crippen LogP contribution in [0, 0.1) is 26.1 Å². The third-order valence-electron chi connectivity index (χ3n) is 3.99. The second-order valence-electron chi connectivity index (χ2n) is 7.06. The van der Waals surface area contributed by atoms with Crippen molar-refractivity contribution in [3.05, 3.63) is 78.3 Å². The molecule has 0 aromatic heterocycles. The van der Waals surface area contributed by atoms with Crippen LogP contribution in [0.4, 0.5) is 11.4 Å². The molecule has 0 heterocycles. The van der Waals surface area contributed by atoms with Crippen LogP contribution in [0.5, 0.6) is 0 Å². The number of benzene rings is 2. The molecule has 2 aromatic carbocycles. The Labute approximate surface area is 195 Å². The molecule has 1 amide bonds. The van der Waals surface area contributed by atoms with Crippen LogP contribution in [0.25, 0.3) is 0 Å². The summed E-state index contributed by atoms with van der Waals surface area (Å²) in [5.41, 5.74) is -1.29. The number of halogens is 1. The van der Waals surface area contributed by atoms with E-state index in [-0.39, 0.29) is 17.9 Å². The van der Waals surface area contributed by atoms with E-state index in [1.807, 2.05) is 0 Å². The lowest BCUT2D eigenvalue weighted by molar-refractivity contribution is -0.394. The van der Waals surface area contributed by atoms with Crippen LogP contribution < -0.4 is 5.32 Å². The lowest BCUT2D eigenvalue weighted by Gasteiger charge is -2.16. The zero-order valence-electron chi connectivity index (χ0n) is 17.4. The van der Waals surface area contributed by atoms with Gasteiger partial charge in [-0.3, -0.25) is 25.0 Å². The number of aliphatic carboxylic acids is 1. The zero-order chi connectivity index (χ0) is 25.3. The monoisotopic (exact) mass is 525 g/mol. The minimum atomic E-state index is -1.26. The molecule has 12 nitrogen and oxygen atoms in total. The predicted molar refractivity (Wildman–Crippen MR) is 119 cm³/mol. The number of nitro benzene ring substituents is 2. The molecule has 2 rings (SSSR count). The summed E-state index contributed by atoms with van der Waals surface area (Å²) in [5, 5.41) is 41.3. The second kappa shape index (κ2) is 12.2. The number of non-ortho nitro benzene ring substituents is 2. The van der Waals surface area contributed by atoms with E-state index in [0.29, 0.717) is 5.56 Å². The first-order valence-corrected chi connectivity index (χ1v) is 10.1. The van der Waals surface area contributed by atoms with Gasteiger partial charge >= 0.3 is 11.9 Å². The maximum atomic E-state index is 12.1. The predicted octanol–water partition coefficient (Wildman–Crippen LogP) is 3.88. The van der Waals surface area contributed by atoms with E-state index in [9.17, 15) is 34.6 Å². The number of hydrogen-bond acceptors (Lipinski definition) is 7. The van der Waals surface area contributed by atoms with Crippen LogP contribution in [-0.4, -0.2) is 43.9 Å². The molecule has 0 bridgehead atoms. The first-order valence-electron chi connectivity index (χ1n) is 9.28. The van der Waals surface area contributed by atoms with Crippen LogP contribution in [0.15, 0.2) is 46.9 Å². The summed E-state index contributed by atoms with van der Waals surface area (Å²) < 4.78 is 0.887. The summed E-state index contributed by atoms with van der Waals surface area (Å²) in [5.74, 6) is -3.10. The highest BCUT2D eigenvalue weighted by Crippen LogP contribution is 2.23. The van der Waals surface area contributed by atoms with Gasteiger partial charge in [-0.25, -0.2) is 9.59 Å². The van der Waals surface area contributed by atoms with Crippen LogP contribution >= 0.6 is 15.9 Å². The number of nitrogens with zero attached hydrogens (tertiary/aromatic N) is 2. The van der Waals surface area contributed by atoms with E-state index < -0.39 is 45.1 Å². The third kappa shape index (κ3) is 9.03. The number of carboxylic acids is 2. The number of amides is 1. The summed E-state index contributed by atoms with van der Waals surface area (Å²) in [6.45, 7) is 3.53. The Bertz CT molecular complexity index is 1020. The van der Waals surface area contributed by atoms with Crippen LogP contribution in [0.3, 0.4) is 0 Å². The SMILES string of the molecule is CC(C)C[C@H](NC(=O)c1cc([N+](=O)[O-])cc([N+](=O)[O-])c1)C(=O)O.O=C(O)c1ccc(Br)cc1.